The summed E-state index contributed by atoms with van der Waals surface area (Å²) in [5, 5.41) is 10.9. The molecular formula is C15H19FN6O. The highest BCUT2D eigenvalue weighted by Gasteiger charge is 2.27. The molecule has 3 rings (SSSR count). The monoisotopic (exact) mass is 318 g/mol. The van der Waals surface area contributed by atoms with Crippen molar-refractivity contribution in [2.75, 3.05) is 18.4 Å². The molecule has 7 nitrogen and oxygen atoms in total. The Labute approximate surface area is 133 Å². The molecule has 8 heteroatoms. The van der Waals surface area contributed by atoms with Crippen molar-refractivity contribution in [2.24, 2.45) is 0 Å². The van der Waals surface area contributed by atoms with Crippen LogP contribution in [0.15, 0.2) is 24.7 Å². The highest BCUT2D eigenvalue weighted by atomic mass is 19.1. The Kier molecular flexibility index (Phi) is 4.50. The van der Waals surface area contributed by atoms with Crippen LogP contribution in [-0.2, 0) is 6.54 Å². The third-order valence-electron chi connectivity index (χ3n) is 4.02. The smallest absolute Gasteiger partial charge is 0.323 e. The fourth-order valence-electron chi connectivity index (χ4n) is 2.83. The lowest BCUT2D eigenvalue weighted by atomic mass is 9.97. The third kappa shape index (κ3) is 3.46. The Bertz CT molecular complexity index is 671. The SMILES string of the molecule is CCn1cnnc1C1CCCN(C(=O)Nc2ccc(F)cn2)C1. The van der Waals surface area contributed by atoms with Crippen LogP contribution in [0.5, 0.6) is 0 Å². The van der Waals surface area contributed by atoms with Crippen molar-refractivity contribution < 1.29 is 9.18 Å². The topological polar surface area (TPSA) is 75.9 Å². The second-order valence-electron chi connectivity index (χ2n) is 5.55. The first-order valence-electron chi connectivity index (χ1n) is 7.72. The molecule has 1 aliphatic rings. The number of anilines is 1. The first kappa shape index (κ1) is 15.4. The zero-order valence-electron chi connectivity index (χ0n) is 12.9. The van der Waals surface area contributed by atoms with E-state index in [-0.39, 0.29) is 11.9 Å². The number of nitrogens with zero attached hydrogens (tertiary/aromatic N) is 5. The van der Waals surface area contributed by atoms with Gasteiger partial charge in [-0.25, -0.2) is 14.2 Å². The predicted molar refractivity (Wildman–Crippen MR) is 82.5 cm³/mol. The number of nitrogens with one attached hydrogen (secondary N) is 1. The summed E-state index contributed by atoms with van der Waals surface area (Å²) in [6, 6.07) is 2.49. The predicted octanol–water partition coefficient (Wildman–Crippen LogP) is 2.24. The average molecular weight is 318 g/mol. The van der Waals surface area contributed by atoms with Crippen LogP contribution in [0.25, 0.3) is 0 Å². The quantitative estimate of drug-likeness (QED) is 0.941. The minimum atomic E-state index is -0.431. The van der Waals surface area contributed by atoms with Crippen LogP contribution in [0.3, 0.4) is 0 Å². The molecule has 1 aliphatic heterocycles. The summed E-state index contributed by atoms with van der Waals surface area (Å²) in [5.41, 5.74) is 0. The zero-order chi connectivity index (χ0) is 16.2. The number of piperidine rings is 1. The van der Waals surface area contributed by atoms with Gasteiger partial charge in [-0.2, -0.15) is 0 Å². The van der Waals surface area contributed by atoms with Gasteiger partial charge in [0.25, 0.3) is 0 Å². The van der Waals surface area contributed by atoms with E-state index in [0.717, 1.165) is 31.4 Å². The molecule has 0 bridgehead atoms. The molecule has 2 aromatic heterocycles. The maximum atomic E-state index is 12.9. The first-order chi connectivity index (χ1) is 11.2. The Hall–Kier alpha value is -2.51. The number of hydrogen-bond acceptors (Lipinski definition) is 4. The maximum Gasteiger partial charge on any atom is 0.323 e. The molecule has 0 aliphatic carbocycles. The molecular weight excluding hydrogens is 299 g/mol. The summed E-state index contributed by atoms with van der Waals surface area (Å²) in [7, 11) is 0. The Morgan fingerprint density at radius 1 is 1.48 bits per heavy atom. The second-order valence-corrected chi connectivity index (χ2v) is 5.55. The molecule has 1 unspecified atom stereocenters. The van der Waals surface area contributed by atoms with Crippen molar-refractivity contribution in [1.82, 2.24) is 24.6 Å². The number of carbonyl (C=O) groups is 1. The number of aryl methyl sites for hydroxylation is 1. The highest BCUT2D eigenvalue weighted by molar-refractivity contribution is 5.88. The van der Waals surface area contributed by atoms with E-state index in [0.29, 0.717) is 18.9 Å². The standard InChI is InChI=1S/C15H19FN6O/c1-2-21-10-18-20-14(21)11-4-3-7-22(9-11)15(23)19-13-6-5-12(16)8-17-13/h5-6,8,10-11H,2-4,7,9H2,1H3,(H,17,19,23). The van der Waals surface area contributed by atoms with E-state index in [1.165, 1.54) is 12.1 Å². The number of halogens is 1. The van der Waals surface area contributed by atoms with Gasteiger partial charge in [0.2, 0.25) is 0 Å². The fraction of sp³-hybridized carbons (Fsp3) is 0.467. The zero-order valence-corrected chi connectivity index (χ0v) is 12.9. The summed E-state index contributed by atoms with van der Waals surface area (Å²) in [6.45, 7) is 4.13. The van der Waals surface area contributed by atoms with E-state index >= 15 is 0 Å². The Morgan fingerprint density at radius 3 is 3.09 bits per heavy atom. The van der Waals surface area contributed by atoms with Gasteiger partial charge in [0.05, 0.1) is 6.20 Å². The van der Waals surface area contributed by atoms with Crippen LogP contribution < -0.4 is 5.32 Å². The molecule has 0 spiro atoms. The van der Waals surface area contributed by atoms with Crippen molar-refractivity contribution >= 4 is 11.8 Å². The van der Waals surface area contributed by atoms with Crippen LogP contribution in [0, 0.1) is 5.82 Å². The third-order valence-corrected chi connectivity index (χ3v) is 4.02. The highest BCUT2D eigenvalue weighted by Crippen LogP contribution is 2.25. The number of pyridine rings is 1. The first-order valence-corrected chi connectivity index (χ1v) is 7.72. The van der Waals surface area contributed by atoms with Gasteiger partial charge in [-0.3, -0.25) is 5.32 Å². The molecule has 23 heavy (non-hydrogen) atoms. The molecule has 1 atom stereocenters. The van der Waals surface area contributed by atoms with Crippen LogP contribution in [-0.4, -0.2) is 43.8 Å². The summed E-state index contributed by atoms with van der Waals surface area (Å²) in [4.78, 5) is 18.0. The van der Waals surface area contributed by atoms with Gasteiger partial charge in [0.15, 0.2) is 0 Å². The molecule has 0 aromatic carbocycles. The Balaban J connectivity index is 1.66. The number of carbonyl (C=O) groups excluding carboxylic acids is 1. The van der Waals surface area contributed by atoms with Gasteiger partial charge < -0.3 is 9.47 Å². The molecule has 1 N–H and O–H groups in total. The number of urea groups is 1. The van der Waals surface area contributed by atoms with Gasteiger partial charge in [0, 0.05) is 25.6 Å². The normalized spacial score (nSPS) is 18.0. The van der Waals surface area contributed by atoms with Crippen molar-refractivity contribution in [3.63, 3.8) is 0 Å². The van der Waals surface area contributed by atoms with E-state index < -0.39 is 5.82 Å². The van der Waals surface area contributed by atoms with Crippen LogP contribution in [0.1, 0.15) is 31.5 Å². The average Bonchev–Trinajstić information content (AvgIpc) is 3.06. The second kappa shape index (κ2) is 6.72. The summed E-state index contributed by atoms with van der Waals surface area (Å²) >= 11 is 0. The Morgan fingerprint density at radius 2 is 2.35 bits per heavy atom. The van der Waals surface area contributed by atoms with Gasteiger partial charge >= 0.3 is 6.03 Å². The van der Waals surface area contributed by atoms with Crippen molar-refractivity contribution in [1.29, 1.82) is 0 Å². The fourth-order valence-corrected chi connectivity index (χ4v) is 2.83. The van der Waals surface area contributed by atoms with E-state index in [2.05, 4.69) is 20.5 Å². The van der Waals surface area contributed by atoms with E-state index in [1.807, 2.05) is 11.5 Å². The van der Waals surface area contributed by atoms with Gasteiger partial charge in [-0.05, 0) is 31.9 Å². The molecule has 0 radical (unpaired) electrons. The number of amides is 2. The minimum Gasteiger partial charge on any atom is -0.324 e. The van der Waals surface area contributed by atoms with Crippen molar-refractivity contribution in [3.8, 4) is 0 Å². The largest absolute Gasteiger partial charge is 0.324 e. The lowest BCUT2D eigenvalue weighted by Gasteiger charge is -2.32. The maximum absolute atomic E-state index is 12.9. The van der Waals surface area contributed by atoms with E-state index in [4.69, 9.17) is 0 Å². The van der Waals surface area contributed by atoms with Gasteiger partial charge in [-0.1, -0.05) is 0 Å². The molecule has 3 heterocycles. The molecule has 1 saturated heterocycles. The van der Waals surface area contributed by atoms with Crippen LogP contribution in [0.4, 0.5) is 15.0 Å². The molecule has 122 valence electrons. The van der Waals surface area contributed by atoms with Gasteiger partial charge in [-0.15, -0.1) is 10.2 Å². The van der Waals surface area contributed by atoms with Crippen molar-refractivity contribution in [3.05, 3.63) is 36.3 Å². The number of rotatable bonds is 3. The molecule has 2 aromatic rings. The minimum absolute atomic E-state index is 0.179. The number of hydrogen-bond donors (Lipinski definition) is 1. The van der Waals surface area contributed by atoms with Crippen LogP contribution in [0.2, 0.25) is 0 Å². The lowest BCUT2D eigenvalue weighted by molar-refractivity contribution is 0.190. The summed E-state index contributed by atoms with van der Waals surface area (Å²) < 4.78 is 14.9. The molecule has 0 saturated carbocycles. The van der Waals surface area contributed by atoms with Crippen molar-refractivity contribution in [2.45, 2.75) is 32.2 Å². The van der Waals surface area contributed by atoms with E-state index in [1.54, 1.807) is 11.2 Å². The lowest BCUT2D eigenvalue weighted by Crippen LogP contribution is -2.42. The molecule has 1 fully saturated rings. The summed E-state index contributed by atoms with van der Waals surface area (Å²) in [5.74, 6) is 1.01. The van der Waals surface area contributed by atoms with Gasteiger partial charge in [0.1, 0.15) is 23.8 Å². The van der Waals surface area contributed by atoms with Crippen LogP contribution >= 0.6 is 0 Å². The molecule has 2 amide bonds. The van der Waals surface area contributed by atoms with E-state index in [9.17, 15) is 9.18 Å². The number of aromatic nitrogens is 4. The number of likely N-dealkylation sites (tertiary alicyclic amines) is 1. The summed E-state index contributed by atoms with van der Waals surface area (Å²) in [6.07, 6.45) is 4.69.